The number of rotatable bonds is 2. The molecule has 1 aromatic heterocycles. The fourth-order valence-electron chi connectivity index (χ4n) is 4.51. The molecule has 5 rings (SSSR count). The van der Waals surface area contributed by atoms with Crippen molar-refractivity contribution in [2.24, 2.45) is 5.92 Å². The maximum atomic E-state index is 13.2. The molecule has 3 saturated heterocycles. The molecule has 0 saturated carbocycles. The van der Waals surface area contributed by atoms with E-state index in [1.807, 2.05) is 42.5 Å². The average molecular weight is 334 g/mol. The van der Waals surface area contributed by atoms with Gasteiger partial charge in [-0.1, -0.05) is 18.2 Å². The van der Waals surface area contributed by atoms with Gasteiger partial charge in [-0.15, -0.1) is 0 Å². The van der Waals surface area contributed by atoms with E-state index in [1.165, 1.54) is 4.90 Å². The minimum Gasteiger partial charge on any atom is -0.274 e. The van der Waals surface area contributed by atoms with E-state index in [-0.39, 0.29) is 23.8 Å². The lowest BCUT2D eigenvalue weighted by atomic mass is 9.90. The Morgan fingerprint density at radius 3 is 2.24 bits per heavy atom. The predicted octanol–water partition coefficient (Wildman–Crippen LogP) is 1.62. The number of hydrogen-bond donors (Lipinski definition) is 0. The zero-order valence-electron chi connectivity index (χ0n) is 13.7. The number of carbonyl (C=O) groups is 2. The van der Waals surface area contributed by atoms with Gasteiger partial charge in [0, 0.05) is 25.5 Å². The predicted molar refractivity (Wildman–Crippen MR) is 91.2 cm³/mol. The van der Waals surface area contributed by atoms with Crippen LogP contribution >= 0.6 is 0 Å². The highest BCUT2D eigenvalue weighted by molar-refractivity contribution is 6.24. The molecule has 3 aliphatic heterocycles. The van der Waals surface area contributed by atoms with Crippen molar-refractivity contribution in [2.45, 2.75) is 18.5 Å². The van der Waals surface area contributed by atoms with Crippen LogP contribution < -0.4 is 4.90 Å². The molecule has 1 aromatic carbocycles. The van der Waals surface area contributed by atoms with Crippen LogP contribution in [0.1, 0.15) is 18.0 Å². The summed E-state index contributed by atoms with van der Waals surface area (Å²) in [5.74, 6) is -0.572. The van der Waals surface area contributed by atoms with Crippen molar-refractivity contribution < 1.29 is 9.59 Å². The number of para-hydroxylation sites is 1. The lowest BCUT2D eigenvalue weighted by Crippen LogP contribution is -2.44. The minimum absolute atomic E-state index is 0.0966. The SMILES string of the molecule is O=C1[C@@H]2[C@@H](C(=O)N1c1ccccc1)N1CCCN1[C@@H]2c1ccncc1. The van der Waals surface area contributed by atoms with Gasteiger partial charge in [0.2, 0.25) is 5.91 Å². The molecule has 0 aliphatic carbocycles. The van der Waals surface area contributed by atoms with Gasteiger partial charge in [-0.25, -0.2) is 14.9 Å². The van der Waals surface area contributed by atoms with Crippen LogP contribution in [0.4, 0.5) is 5.69 Å². The molecule has 2 aromatic rings. The summed E-state index contributed by atoms with van der Waals surface area (Å²) in [6.07, 6.45) is 4.51. The molecule has 4 heterocycles. The Balaban J connectivity index is 1.60. The first-order valence-corrected chi connectivity index (χ1v) is 8.63. The second-order valence-corrected chi connectivity index (χ2v) is 6.72. The van der Waals surface area contributed by atoms with Crippen molar-refractivity contribution in [1.82, 2.24) is 15.0 Å². The van der Waals surface area contributed by atoms with E-state index in [9.17, 15) is 9.59 Å². The fourth-order valence-corrected chi connectivity index (χ4v) is 4.51. The number of pyridine rings is 1. The summed E-state index contributed by atoms with van der Waals surface area (Å²) in [5.41, 5.74) is 1.71. The molecule has 0 bridgehead atoms. The number of nitrogens with zero attached hydrogens (tertiary/aromatic N) is 4. The molecule has 0 spiro atoms. The van der Waals surface area contributed by atoms with E-state index in [2.05, 4.69) is 15.0 Å². The third kappa shape index (κ3) is 2.01. The van der Waals surface area contributed by atoms with Crippen LogP contribution in [-0.2, 0) is 9.59 Å². The maximum absolute atomic E-state index is 13.2. The van der Waals surface area contributed by atoms with Crippen molar-refractivity contribution in [2.75, 3.05) is 18.0 Å². The van der Waals surface area contributed by atoms with E-state index in [0.29, 0.717) is 5.69 Å². The highest BCUT2D eigenvalue weighted by Gasteiger charge is 2.62. The van der Waals surface area contributed by atoms with Crippen LogP contribution in [-0.4, -0.2) is 45.9 Å². The standard InChI is InChI=1S/C19H18N4O2/c24-18-15-16(13-7-9-20-10-8-13)21-11-4-12-22(21)17(15)19(25)23(18)14-5-2-1-3-6-14/h1-3,5-10,15-17H,4,11-12H2/t15-,16+,17-/m0/s1. The number of anilines is 1. The molecule has 3 fully saturated rings. The van der Waals surface area contributed by atoms with Crippen LogP contribution in [0.5, 0.6) is 0 Å². The lowest BCUT2D eigenvalue weighted by Gasteiger charge is -2.29. The Hall–Kier alpha value is -2.57. The van der Waals surface area contributed by atoms with Crippen molar-refractivity contribution in [3.63, 3.8) is 0 Å². The summed E-state index contributed by atoms with van der Waals surface area (Å²) in [6, 6.07) is 12.6. The number of hydrogen-bond acceptors (Lipinski definition) is 5. The molecule has 0 unspecified atom stereocenters. The van der Waals surface area contributed by atoms with Gasteiger partial charge in [0.05, 0.1) is 17.6 Å². The average Bonchev–Trinajstić information content (AvgIpc) is 3.29. The second-order valence-electron chi connectivity index (χ2n) is 6.72. The molecule has 0 N–H and O–H groups in total. The lowest BCUT2D eigenvalue weighted by molar-refractivity contribution is -0.126. The molecule has 6 nitrogen and oxygen atoms in total. The summed E-state index contributed by atoms with van der Waals surface area (Å²) >= 11 is 0. The summed E-state index contributed by atoms with van der Waals surface area (Å²) in [6.45, 7) is 1.70. The first-order valence-electron chi connectivity index (χ1n) is 8.63. The van der Waals surface area contributed by atoms with Crippen molar-refractivity contribution in [3.8, 4) is 0 Å². The molecular weight excluding hydrogens is 316 g/mol. The third-order valence-electron chi connectivity index (χ3n) is 5.47. The fraction of sp³-hybridized carbons (Fsp3) is 0.316. The first-order chi connectivity index (χ1) is 12.3. The van der Waals surface area contributed by atoms with Crippen LogP contribution in [0.2, 0.25) is 0 Å². The Labute approximate surface area is 145 Å². The molecular formula is C19H18N4O2. The number of fused-ring (bicyclic) bond motifs is 3. The van der Waals surface area contributed by atoms with Gasteiger partial charge < -0.3 is 0 Å². The number of hydrazine groups is 1. The van der Waals surface area contributed by atoms with Gasteiger partial charge in [-0.2, -0.15) is 0 Å². The highest BCUT2D eigenvalue weighted by Crippen LogP contribution is 2.48. The summed E-state index contributed by atoms with van der Waals surface area (Å²) < 4.78 is 0. The van der Waals surface area contributed by atoms with Gasteiger partial charge >= 0.3 is 0 Å². The summed E-state index contributed by atoms with van der Waals surface area (Å²) in [4.78, 5) is 31.9. The van der Waals surface area contributed by atoms with E-state index in [4.69, 9.17) is 0 Å². The Bertz CT molecular complexity index is 826. The highest BCUT2D eigenvalue weighted by atomic mass is 16.2. The Morgan fingerprint density at radius 1 is 0.840 bits per heavy atom. The minimum atomic E-state index is -0.395. The quantitative estimate of drug-likeness (QED) is 0.781. The van der Waals surface area contributed by atoms with Crippen LogP contribution in [0, 0.1) is 5.92 Å². The Morgan fingerprint density at radius 2 is 1.52 bits per heavy atom. The molecule has 25 heavy (non-hydrogen) atoms. The number of benzene rings is 1. The number of carbonyl (C=O) groups excluding carboxylic acids is 2. The molecule has 3 aliphatic rings. The largest absolute Gasteiger partial charge is 0.274 e. The number of aromatic nitrogens is 1. The topological polar surface area (TPSA) is 56.8 Å². The summed E-state index contributed by atoms with van der Waals surface area (Å²) in [5, 5.41) is 4.32. The van der Waals surface area contributed by atoms with Gasteiger partial charge in [0.15, 0.2) is 0 Å². The van der Waals surface area contributed by atoms with Crippen molar-refractivity contribution in [3.05, 3.63) is 60.4 Å². The van der Waals surface area contributed by atoms with Gasteiger partial charge in [-0.3, -0.25) is 14.6 Å². The zero-order chi connectivity index (χ0) is 17.0. The van der Waals surface area contributed by atoms with Gasteiger partial charge in [-0.05, 0) is 36.2 Å². The molecule has 0 radical (unpaired) electrons. The van der Waals surface area contributed by atoms with Crippen molar-refractivity contribution in [1.29, 1.82) is 0 Å². The zero-order valence-corrected chi connectivity index (χ0v) is 13.7. The van der Waals surface area contributed by atoms with E-state index < -0.39 is 6.04 Å². The normalized spacial score (nSPS) is 29.3. The number of amides is 2. The van der Waals surface area contributed by atoms with Crippen molar-refractivity contribution >= 4 is 17.5 Å². The van der Waals surface area contributed by atoms with Gasteiger partial charge in [0.1, 0.15) is 6.04 Å². The van der Waals surface area contributed by atoms with Gasteiger partial charge in [0.25, 0.3) is 5.91 Å². The van der Waals surface area contributed by atoms with Crippen LogP contribution in [0.15, 0.2) is 54.9 Å². The smallest absolute Gasteiger partial charge is 0.253 e. The van der Waals surface area contributed by atoms with E-state index in [1.54, 1.807) is 12.4 Å². The summed E-state index contributed by atoms with van der Waals surface area (Å²) in [7, 11) is 0. The monoisotopic (exact) mass is 334 g/mol. The number of imide groups is 1. The third-order valence-corrected chi connectivity index (χ3v) is 5.47. The van der Waals surface area contributed by atoms with Crippen LogP contribution in [0.3, 0.4) is 0 Å². The second kappa shape index (κ2) is 5.47. The first kappa shape index (κ1) is 14.7. The molecule has 3 atom stereocenters. The van der Waals surface area contributed by atoms with Crippen LogP contribution in [0.25, 0.3) is 0 Å². The Kier molecular flexibility index (Phi) is 3.23. The molecule has 6 heteroatoms. The molecule has 2 amide bonds. The maximum Gasteiger partial charge on any atom is 0.253 e. The van der Waals surface area contributed by atoms with E-state index in [0.717, 1.165) is 25.1 Å². The van der Waals surface area contributed by atoms with E-state index >= 15 is 0 Å². The molecule has 126 valence electrons.